The van der Waals surface area contributed by atoms with Crippen molar-refractivity contribution in [3.8, 4) is 0 Å². The van der Waals surface area contributed by atoms with Crippen molar-refractivity contribution in [2.24, 2.45) is 0 Å². The van der Waals surface area contributed by atoms with Gasteiger partial charge in [0.15, 0.2) is 12.3 Å². The number of alkyl halides is 2. The second-order valence-electron chi connectivity index (χ2n) is 6.10. The van der Waals surface area contributed by atoms with Gasteiger partial charge in [0.05, 0.1) is 12.7 Å². The number of H-pyrrole nitrogens is 1. The lowest BCUT2D eigenvalue weighted by Crippen LogP contribution is -2.45. The van der Waals surface area contributed by atoms with Crippen LogP contribution in [0, 0.1) is 6.92 Å². The van der Waals surface area contributed by atoms with Crippen LogP contribution in [0.2, 0.25) is 0 Å². The van der Waals surface area contributed by atoms with Gasteiger partial charge in [0.2, 0.25) is 0 Å². The summed E-state index contributed by atoms with van der Waals surface area (Å²) in [6.45, 7) is 4.37. The highest BCUT2D eigenvalue weighted by molar-refractivity contribution is 7.48. The van der Waals surface area contributed by atoms with Crippen molar-refractivity contribution in [2.45, 2.75) is 50.4 Å². The van der Waals surface area contributed by atoms with Gasteiger partial charge in [-0.2, -0.15) is 0 Å². The van der Waals surface area contributed by atoms with Crippen LogP contribution in [0.25, 0.3) is 0 Å². The van der Waals surface area contributed by atoms with E-state index in [9.17, 15) is 14.2 Å². The first-order chi connectivity index (χ1) is 11.5. The van der Waals surface area contributed by atoms with Gasteiger partial charge in [-0.15, -0.1) is 0 Å². The molecule has 5 atom stereocenters. The molecule has 3 heterocycles. The van der Waals surface area contributed by atoms with Gasteiger partial charge in [0.1, 0.15) is 6.10 Å². The van der Waals surface area contributed by atoms with Gasteiger partial charge in [-0.05, 0) is 20.8 Å². The van der Waals surface area contributed by atoms with Crippen LogP contribution in [0.4, 0.5) is 4.39 Å². The molecule has 1 N–H and O–H groups in total. The van der Waals surface area contributed by atoms with Crippen molar-refractivity contribution in [3.05, 3.63) is 32.6 Å². The fourth-order valence-electron chi connectivity index (χ4n) is 2.64. The van der Waals surface area contributed by atoms with Crippen LogP contribution < -0.4 is 11.2 Å². The van der Waals surface area contributed by atoms with Gasteiger partial charge in [-0.25, -0.2) is 13.8 Å². The third kappa shape index (κ3) is 3.34. The molecule has 0 bridgehead atoms. The molecule has 0 radical (unpaired) electrons. The molecule has 140 valence electrons. The molecule has 1 aromatic heterocycles. The van der Waals surface area contributed by atoms with Crippen molar-refractivity contribution in [1.82, 2.24) is 9.55 Å². The number of aryl methyl sites for hydroxylation is 1. The normalized spacial score (nSPS) is 38.1. The van der Waals surface area contributed by atoms with Crippen LogP contribution in [-0.4, -0.2) is 39.6 Å². The van der Waals surface area contributed by atoms with Crippen molar-refractivity contribution in [3.63, 3.8) is 0 Å². The van der Waals surface area contributed by atoms with E-state index in [0.29, 0.717) is 0 Å². The lowest BCUT2D eigenvalue weighted by molar-refractivity contribution is -0.0749. The van der Waals surface area contributed by atoms with Crippen LogP contribution in [0.1, 0.15) is 25.6 Å². The van der Waals surface area contributed by atoms with Crippen molar-refractivity contribution < 1.29 is 27.3 Å². The largest absolute Gasteiger partial charge is 0.475 e. The van der Waals surface area contributed by atoms with Crippen LogP contribution in [-0.2, 0) is 22.9 Å². The number of halogens is 2. The van der Waals surface area contributed by atoms with Crippen molar-refractivity contribution in [1.29, 1.82) is 0 Å². The van der Waals surface area contributed by atoms with Gasteiger partial charge < -0.3 is 4.74 Å². The molecule has 0 aliphatic carbocycles. The Labute approximate surface area is 146 Å². The molecule has 2 fully saturated rings. The summed E-state index contributed by atoms with van der Waals surface area (Å²) in [5.74, 6) is 0. The minimum atomic E-state index is -4.02. The van der Waals surface area contributed by atoms with E-state index in [2.05, 4.69) is 0 Å². The first-order valence-electron chi connectivity index (χ1n) is 7.50. The molecule has 2 aliphatic rings. The van der Waals surface area contributed by atoms with E-state index >= 15 is 4.39 Å². The van der Waals surface area contributed by atoms with Crippen molar-refractivity contribution >= 4 is 19.4 Å². The summed E-state index contributed by atoms with van der Waals surface area (Å²) >= 11 is 5.97. The smallest absolute Gasteiger partial charge is 0.344 e. The van der Waals surface area contributed by atoms with Gasteiger partial charge in [0.25, 0.3) is 10.7 Å². The van der Waals surface area contributed by atoms with Crippen LogP contribution >= 0.6 is 19.4 Å². The fourth-order valence-corrected chi connectivity index (χ4v) is 4.63. The molecule has 3 rings (SSSR count). The van der Waals surface area contributed by atoms with Gasteiger partial charge in [-0.1, -0.05) is 11.6 Å². The van der Waals surface area contributed by atoms with Crippen LogP contribution in [0.5, 0.6) is 0 Å². The number of rotatable bonds is 3. The highest BCUT2D eigenvalue weighted by Crippen LogP contribution is 2.60. The maximum atomic E-state index is 15.2. The van der Waals surface area contributed by atoms with Gasteiger partial charge in [0, 0.05) is 11.8 Å². The van der Waals surface area contributed by atoms with E-state index in [1.54, 1.807) is 13.8 Å². The molecule has 2 saturated heterocycles. The number of phosphoric acid groups is 1. The second kappa shape index (κ2) is 6.29. The van der Waals surface area contributed by atoms with Crippen LogP contribution in [0.15, 0.2) is 15.8 Å². The number of nitrogens with one attached hydrogen (secondary N) is 1. The maximum Gasteiger partial charge on any atom is 0.475 e. The number of aromatic amines is 1. The third-order valence-corrected chi connectivity index (χ3v) is 5.76. The minimum Gasteiger partial charge on any atom is -0.344 e. The Balaban J connectivity index is 1.94. The number of ether oxygens (including phenoxy) is 1. The van der Waals surface area contributed by atoms with E-state index in [0.717, 1.165) is 10.8 Å². The number of aromatic nitrogens is 2. The number of hydrogen-bond acceptors (Lipinski definition) is 7. The molecule has 1 aromatic rings. The fraction of sp³-hybridized carbons (Fsp3) is 0.692. The predicted molar refractivity (Wildman–Crippen MR) is 84.3 cm³/mol. The molecule has 0 spiro atoms. The van der Waals surface area contributed by atoms with Crippen LogP contribution in [0.3, 0.4) is 0 Å². The first-order valence-corrected chi connectivity index (χ1v) is 9.34. The zero-order chi connectivity index (χ0) is 18.6. The van der Waals surface area contributed by atoms with E-state index in [4.69, 9.17) is 29.9 Å². The Morgan fingerprint density at radius 1 is 1.52 bits per heavy atom. The summed E-state index contributed by atoms with van der Waals surface area (Å²) in [7, 11) is -4.02. The molecule has 0 aromatic carbocycles. The zero-order valence-corrected chi connectivity index (χ0v) is 15.3. The first kappa shape index (κ1) is 18.8. The average Bonchev–Trinajstić information content (AvgIpc) is 2.73. The minimum absolute atomic E-state index is 0.163. The number of nitrogens with zero attached hydrogens (tertiary/aromatic N) is 1. The molecule has 9 nitrogen and oxygen atoms in total. The quantitative estimate of drug-likeness (QED) is 0.608. The summed E-state index contributed by atoms with van der Waals surface area (Å²) < 4.78 is 49.2. The summed E-state index contributed by atoms with van der Waals surface area (Å²) in [6.07, 6.45) is -3.47. The average molecular weight is 399 g/mol. The molecule has 2 aliphatic heterocycles. The van der Waals surface area contributed by atoms with Gasteiger partial charge in [-0.3, -0.25) is 27.9 Å². The van der Waals surface area contributed by atoms with E-state index in [1.165, 1.54) is 6.92 Å². The van der Waals surface area contributed by atoms with E-state index < -0.39 is 48.7 Å². The number of fused-ring (bicyclic) bond motifs is 1. The SMILES string of the molecule is Cc1cn(C2OC3COP(=O)(OC(C)C)OC3C2(F)Cl)c(=O)[nH]c1=O. The lowest BCUT2D eigenvalue weighted by atomic mass is 10.1. The molecule has 25 heavy (non-hydrogen) atoms. The number of phosphoric ester groups is 1. The molecule has 12 heteroatoms. The Morgan fingerprint density at radius 3 is 2.84 bits per heavy atom. The Morgan fingerprint density at radius 2 is 2.20 bits per heavy atom. The third-order valence-electron chi connectivity index (χ3n) is 3.73. The highest BCUT2D eigenvalue weighted by atomic mass is 35.5. The Kier molecular flexibility index (Phi) is 4.72. The molecular weight excluding hydrogens is 382 g/mol. The Hall–Kier alpha value is -1.03. The van der Waals surface area contributed by atoms with Crippen molar-refractivity contribution in [2.75, 3.05) is 6.61 Å². The summed E-state index contributed by atoms with van der Waals surface area (Å²) in [5.41, 5.74) is -1.34. The Bertz CT molecular complexity index is 838. The van der Waals surface area contributed by atoms with E-state index in [-0.39, 0.29) is 12.2 Å². The molecule has 5 unspecified atom stereocenters. The molecular formula is C13H17ClFN2O7P. The van der Waals surface area contributed by atoms with E-state index in [1.807, 2.05) is 4.98 Å². The van der Waals surface area contributed by atoms with Gasteiger partial charge >= 0.3 is 13.5 Å². The zero-order valence-electron chi connectivity index (χ0n) is 13.6. The topological polar surface area (TPSA) is 109 Å². The lowest BCUT2D eigenvalue weighted by Gasteiger charge is -2.33. The summed E-state index contributed by atoms with van der Waals surface area (Å²) in [4.78, 5) is 25.5. The summed E-state index contributed by atoms with van der Waals surface area (Å²) in [6, 6.07) is 0. The second-order valence-corrected chi connectivity index (χ2v) is 8.26. The molecule has 0 amide bonds. The summed E-state index contributed by atoms with van der Waals surface area (Å²) in [5, 5.41) is -2.74. The number of hydrogen-bond donors (Lipinski definition) is 1. The predicted octanol–water partition coefficient (Wildman–Crippen LogP) is 1.60. The monoisotopic (exact) mass is 398 g/mol. The highest BCUT2D eigenvalue weighted by Gasteiger charge is 2.63. The molecule has 0 saturated carbocycles. The maximum absolute atomic E-state index is 15.2. The standard InChI is InChI=1S/C13H17ClFN2O7P/c1-6(2)23-25(20)21-5-8-9(24-25)13(14,15)11(22-8)17-4-7(3)10(18)16-12(17)19/h4,6,8-9,11H,5H2,1-3H3,(H,16,18,19).